The molecule has 2 aromatic rings. The Hall–Kier alpha value is -3.49. The molecule has 2 aromatic carbocycles. The van der Waals surface area contributed by atoms with E-state index in [4.69, 9.17) is 4.74 Å². The number of carbonyl (C=O) groups is 1. The van der Waals surface area contributed by atoms with E-state index < -0.39 is 28.1 Å². The molecule has 0 bridgehead atoms. The normalized spacial score (nSPS) is 10.6. The number of carbonyl (C=O) groups excluding carboxylic acids is 1. The number of benzene rings is 2. The van der Waals surface area contributed by atoms with Gasteiger partial charge in [-0.25, -0.2) is 9.82 Å². The van der Waals surface area contributed by atoms with Gasteiger partial charge in [-0.05, 0) is 37.3 Å². The lowest BCUT2D eigenvalue weighted by Crippen LogP contribution is -2.17. The van der Waals surface area contributed by atoms with Crippen molar-refractivity contribution in [1.82, 2.24) is 5.43 Å². The number of ether oxygens (including phenoxy) is 1. The van der Waals surface area contributed by atoms with E-state index in [1.807, 2.05) is 0 Å². The summed E-state index contributed by atoms with van der Waals surface area (Å²) in [4.78, 5) is 22.0. The van der Waals surface area contributed by atoms with Crippen molar-refractivity contribution in [2.24, 2.45) is 5.10 Å². The summed E-state index contributed by atoms with van der Waals surface area (Å²) >= 11 is 0. The van der Waals surface area contributed by atoms with E-state index in [1.54, 1.807) is 6.92 Å². The third-order valence-corrected chi connectivity index (χ3v) is 3.06. The minimum absolute atomic E-state index is 0.0667. The molecule has 0 unspecified atom stereocenters. The fourth-order valence-corrected chi connectivity index (χ4v) is 1.92. The van der Waals surface area contributed by atoms with Gasteiger partial charge in [-0.15, -0.1) is 0 Å². The molecule has 0 aromatic heterocycles. The van der Waals surface area contributed by atoms with Crippen molar-refractivity contribution in [3.8, 4) is 11.5 Å². The van der Waals surface area contributed by atoms with Gasteiger partial charge in [-0.3, -0.25) is 14.9 Å². The van der Waals surface area contributed by atoms with Crippen LogP contribution in [0.5, 0.6) is 11.5 Å². The minimum Gasteiger partial charge on any atom is -0.500 e. The number of amides is 1. The summed E-state index contributed by atoms with van der Waals surface area (Å²) in [5.74, 6) is -1.70. The van der Waals surface area contributed by atoms with Gasteiger partial charge in [-0.1, -0.05) is 0 Å². The molecule has 0 radical (unpaired) electrons. The Morgan fingerprint density at radius 1 is 1.40 bits per heavy atom. The Labute approximate surface area is 141 Å². The highest BCUT2D eigenvalue weighted by Crippen LogP contribution is 2.36. The number of hydrazone groups is 1. The first-order valence-corrected chi connectivity index (χ1v) is 7.15. The standard InChI is InChI=1S/C16H14FN3O5/c1-2-25-14-8-10(7-13(15(14)21)20(23)24)9-18-19-16(22)11-3-5-12(17)6-4-11/h3-9,21H,2H2,1H3,(H,19,22). The van der Waals surface area contributed by atoms with Gasteiger partial charge in [0.1, 0.15) is 5.82 Å². The second-order valence-corrected chi connectivity index (χ2v) is 4.78. The number of hydrogen-bond acceptors (Lipinski definition) is 6. The number of nitrogens with one attached hydrogen (secondary N) is 1. The average Bonchev–Trinajstić information content (AvgIpc) is 2.58. The van der Waals surface area contributed by atoms with Crippen molar-refractivity contribution in [2.75, 3.05) is 6.61 Å². The second kappa shape index (κ2) is 7.86. The van der Waals surface area contributed by atoms with E-state index in [0.717, 1.165) is 24.4 Å². The molecule has 1 amide bonds. The van der Waals surface area contributed by atoms with E-state index in [9.17, 15) is 24.4 Å². The van der Waals surface area contributed by atoms with Gasteiger partial charge in [0, 0.05) is 17.2 Å². The highest BCUT2D eigenvalue weighted by Gasteiger charge is 2.19. The number of nitro benzene ring substituents is 1. The summed E-state index contributed by atoms with van der Waals surface area (Å²) in [5, 5.41) is 24.5. The number of nitro groups is 1. The molecule has 0 fully saturated rings. The molecule has 2 rings (SSSR count). The third-order valence-electron chi connectivity index (χ3n) is 3.06. The Kier molecular flexibility index (Phi) is 5.62. The monoisotopic (exact) mass is 347 g/mol. The van der Waals surface area contributed by atoms with E-state index in [2.05, 4.69) is 10.5 Å². The Morgan fingerprint density at radius 2 is 2.08 bits per heavy atom. The van der Waals surface area contributed by atoms with Crippen LogP contribution in [0, 0.1) is 15.9 Å². The van der Waals surface area contributed by atoms with Gasteiger partial charge in [0.2, 0.25) is 5.75 Å². The maximum atomic E-state index is 12.8. The molecule has 0 spiro atoms. The van der Waals surface area contributed by atoms with Crippen LogP contribution in [0.4, 0.5) is 10.1 Å². The third kappa shape index (κ3) is 4.50. The average molecular weight is 347 g/mol. The molecular weight excluding hydrogens is 333 g/mol. The highest BCUT2D eigenvalue weighted by molar-refractivity contribution is 5.95. The number of aromatic hydroxyl groups is 1. The van der Waals surface area contributed by atoms with E-state index >= 15 is 0 Å². The largest absolute Gasteiger partial charge is 0.500 e. The van der Waals surface area contributed by atoms with Crippen LogP contribution in [0.15, 0.2) is 41.5 Å². The van der Waals surface area contributed by atoms with Crippen molar-refractivity contribution in [3.63, 3.8) is 0 Å². The van der Waals surface area contributed by atoms with Crippen LogP contribution < -0.4 is 10.2 Å². The zero-order valence-corrected chi connectivity index (χ0v) is 13.1. The zero-order chi connectivity index (χ0) is 18.4. The number of rotatable bonds is 6. The van der Waals surface area contributed by atoms with E-state index in [0.29, 0.717) is 0 Å². The molecule has 0 saturated carbocycles. The summed E-state index contributed by atoms with van der Waals surface area (Å²) in [6, 6.07) is 7.29. The van der Waals surface area contributed by atoms with Gasteiger partial charge < -0.3 is 9.84 Å². The number of nitrogens with zero attached hydrogens (tertiary/aromatic N) is 2. The van der Waals surface area contributed by atoms with Gasteiger partial charge in [0.15, 0.2) is 5.75 Å². The molecule has 9 heteroatoms. The first-order chi connectivity index (χ1) is 11.9. The predicted octanol–water partition coefficient (Wildman–Crippen LogP) is 2.60. The fourth-order valence-electron chi connectivity index (χ4n) is 1.92. The molecule has 0 aliphatic carbocycles. The summed E-state index contributed by atoms with van der Waals surface area (Å²) in [7, 11) is 0. The quantitative estimate of drug-likeness (QED) is 0.473. The molecule has 0 aliphatic rings. The lowest BCUT2D eigenvalue weighted by molar-refractivity contribution is -0.386. The number of hydrogen-bond donors (Lipinski definition) is 2. The molecular formula is C16H14FN3O5. The molecule has 8 nitrogen and oxygen atoms in total. The van der Waals surface area contributed by atoms with Crippen LogP contribution in [0.2, 0.25) is 0 Å². The molecule has 25 heavy (non-hydrogen) atoms. The highest BCUT2D eigenvalue weighted by atomic mass is 19.1. The summed E-state index contributed by atoms with van der Waals surface area (Å²) in [6.45, 7) is 1.86. The Bertz CT molecular complexity index is 821. The first-order valence-electron chi connectivity index (χ1n) is 7.15. The molecule has 130 valence electrons. The fraction of sp³-hybridized carbons (Fsp3) is 0.125. The van der Waals surface area contributed by atoms with Crippen LogP contribution >= 0.6 is 0 Å². The number of halogens is 1. The van der Waals surface area contributed by atoms with Crippen LogP contribution in [-0.4, -0.2) is 28.8 Å². The maximum Gasteiger partial charge on any atom is 0.315 e. The molecule has 0 atom stereocenters. The molecule has 0 heterocycles. The second-order valence-electron chi connectivity index (χ2n) is 4.78. The van der Waals surface area contributed by atoms with Crippen molar-refractivity contribution >= 4 is 17.8 Å². The van der Waals surface area contributed by atoms with E-state index in [-0.39, 0.29) is 23.5 Å². The van der Waals surface area contributed by atoms with Crippen molar-refractivity contribution in [3.05, 3.63) is 63.5 Å². The summed E-state index contributed by atoms with van der Waals surface area (Å²) in [6.07, 6.45) is 1.16. The van der Waals surface area contributed by atoms with Crippen molar-refractivity contribution < 1.29 is 24.0 Å². The smallest absolute Gasteiger partial charge is 0.315 e. The van der Waals surface area contributed by atoms with Gasteiger partial charge in [-0.2, -0.15) is 5.10 Å². The van der Waals surface area contributed by atoms with Gasteiger partial charge in [0.05, 0.1) is 17.7 Å². The Morgan fingerprint density at radius 3 is 2.68 bits per heavy atom. The van der Waals surface area contributed by atoms with Crippen LogP contribution in [0.1, 0.15) is 22.8 Å². The molecule has 2 N–H and O–H groups in total. The van der Waals surface area contributed by atoms with Crippen LogP contribution in [0.25, 0.3) is 0 Å². The predicted molar refractivity (Wildman–Crippen MR) is 87.4 cm³/mol. The molecule has 0 aliphatic heterocycles. The van der Waals surface area contributed by atoms with Crippen LogP contribution in [0.3, 0.4) is 0 Å². The van der Waals surface area contributed by atoms with Gasteiger partial charge >= 0.3 is 5.69 Å². The summed E-state index contributed by atoms with van der Waals surface area (Å²) in [5.41, 5.74) is 2.11. The molecule has 0 saturated heterocycles. The first kappa shape index (κ1) is 17.9. The van der Waals surface area contributed by atoms with Crippen LogP contribution in [-0.2, 0) is 0 Å². The van der Waals surface area contributed by atoms with E-state index in [1.165, 1.54) is 18.2 Å². The summed E-state index contributed by atoms with van der Waals surface area (Å²) < 4.78 is 17.9. The zero-order valence-electron chi connectivity index (χ0n) is 13.1. The SMILES string of the molecule is CCOc1cc(C=NNC(=O)c2ccc(F)cc2)cc([N+](=O)[O-])c1O. The van der Waals surface area contributed by atoms with Crippen molar-refractivity contribution in [1.29, 1.82) is 0 Å². The van der Waals surface area contributed by atoms with Crippen molar-refractivity contribution in [2.45, 2.75) is 6.92 Å². The topological polar surface area (TPSA) is 114 Å². The Balaban J connectivity index is 2.18. The number of phenolic OH excluding ortho intramolecular Hbond substituents is 1. The maximum absolute atomic E-state index is 12.8. The lowest BCUT2D eigenvalue weighted by Gasteiger charge is -2.07. The minimum atomic E-state index is -0.758. The number of phenols is 1. The van der Waals surface area contributed by atoms with Gasteiger partial charge in [0.25, 0.3) is 5.91 Å². The lowest BCUT2D eigenvalue weighted by atomic mass is 10.2.